The van der Waals surface area contributed by atoms with E-state index in [9.17, 15) is 4.79 Å². The fraction of sp³-hybridized carbons (Fsp3) is 0.900. The van der Waals surface area contributed by atoms with Crippen LogP contribution in [0.4, 0.5) is 0 Å². The fourth-order valence-electron chi connectivity index (χ4n) is 1.69. The van der Waals surface area contributed by atoms with Gasteiger partial charge in [-0.3, -0.25) is 4.79 Å². The molecule has 82 valence electrons. The van der Waals surface area contributed by atoms with Crippen molar-refractivity contribution in [3.05, 3.63) is 0 Å². The lowest BCUT2D eigenvalue weighted by Crippen LogP contribution is -2.46. The fourth-order valence-corrected chi connectivity index (χ4v) is 1.69. The first-order valence-electron chi connectivity index (χ1n) is 5.34. The highest BCUT2D eigenvalue weighted by molar-refractivity contribution is 5.76. The van der Waals surface area contributed by atoms with Gasteiger partial charge in [-0.25, -0.2) is 0 Å². The molecule has 0 aliphatic heterocycles. The Morgan fingerprint density at radius 2 is 2.29 bits per heavy atom. The summed E-state index contributed by atoms with van der Waals surface area (Å²) in [7, 11) is 1.84. The van der Waals surface area contributed by atoms with Crippen LogP contribution in [0.15, 0.2) is 0 Å². The first kappa shape index (κ1) is 11.5. The van der Waals surface area contributed by atoms with Crippen LogP contribution >= 0.6 is 0 Å². The molecule has 4 heteroatoms. The molecule has 1 amide bonds. The molecule has 1 rings (SSSR count). The third-order valence-electron chi connectivity index (χ3n) is 2.77. The van der Waals surface area contributed by atoms with Gasteiger partial charge >= 0.3 is 0 Å². The number of carbonyl (C=O) groups is 1. The van der Waals surface area contributed by atoms with Crippen molar-refractivity contribution in [2.24, 2.45) is 0 Å². The summed E-state index contributed by atoms with van der Waals surface area (Å²) >= 11 is 0. The SMILES string of the molecule is CNCCC(=O)N(CCO)C1CCC1. The van der Waals surface area contributed by atoms with E-state index in [0.717, 1.165) is 12.8 Å². The van der Waals surface area contributed by atoms with Crippen molar-refractivity contribution in [3.63, 3.8) is 0 Å². The second kappa shape index (κ2) is 5.98. The van der Waals surface area contributed by atoms with E-state index in [0.29, 0.717) is 25.6 Å². The van der Waals surface area contributed by atoms with Gasteiger partial charge in [0.15, 0.2) is 0 Å². The summed E-state index contributed by atoms with van der Waals surface area (Å²) in [6.07, 6.45) is 3.95. The Labute approximate surface area is 85.3 Å². The lowest BCUT2D eigenvalue weighted by molar-refractivity contribution is -0.135. The molecular formula is C10H20N2O2. The second-order valence-corrected chi connectivity index (χ2v) is 3.75. The van der Waals surface area contributed by atoms with Crippen molar-refractivity contribution in [1.82, 2.24) is 10.2 Å². The van der Waals surface area contributed by atoms with Gasteiger partial charge in [0.05, 0.1) is 6.61 Å². The van der Waals surface area contributed by atoms with E-state index in [4.69, 9.17) is 5.11 Å². The molecule has 0 saturated heterocycles. The molecule has 14 heavy (non-hydrogen) atoms. The van der Waals surface area contributed by atoms with E-state index in [1.165, 1.54) is 6.42 Å². The number of aliphatic hydroxyl groups is 1. The standard InChI is InChI=1S/C10H20N2O2/c1-11-6-5-10(14)12(7-8-13)9-3-2-4-9/h9,11,13H,2-8H2,1H3. The number of rotatable bonds is 6. The molecule has 4 nitrogen and oxygen atoms in total. The number of hydrogen-bond donors (Lipinski definition) is 2. The molecule has 0 aromatic rings. The predicted octanol–water partition coefficient (Wildman–Crippen LogP) is -0.0307. The molecule has 1 aliphatic carbocycles. The largest absolute Gasteiger partial charge is 0.395 e. The second-order valence-electron chi connectivity index (χ2n) is 3.75. The van der Waals surface area contributed by atoms with Crippen LogP contribution in [0.2, 0.25) is 0 Å². The lowest BCUT2D eigenvalue weighted by atomic mass is 9.91. The zero-order valence-electron chi connectivity index (χ0n) is 8.83. The minimum atomic E-state index is 0.0712. The zero-order valence-corrected chi connectivity index (χ0v) is 8.83. The third kappa shape index (κ3) is 2.96. The summed E-state index contributed by atoms with van der Waals surface area (Å²) in [6, 6.07) is 0.395. The van der Waals surface area contributed by atoms with E-state index in [1.807, 2.05) is 11.9 Å². The van der Waals surface area contributed by atoms with E-state index < -0.39 is 0 Å². The van der Waals surface area contributed by atoms with Crippen LogP contribution in [0.25, 0.3) is 0 Å². The Morgan fingerprint density at radius 3 is 2.71 bits per heavy atom. The normalized spacial score (nSPS) is 16.4. The van der Waals surface area contributed by atoms with Crippen LogP contribution in [0.1, 0.15) is 25.7 Å². The summed E-state index contributed by atoms with van der Waals surface area (Å²) in [5.41, 5.74) is 0. The topological polar surface area (TPSA) is 52.6 Å². The maximum absolute atomic E-state index is 11.7. The summed E-state index contributed by atoms with van der Waals surface area (Å²) < 4.78 is 0. The Hall–Kier alpha value is -0.610. The average Bonchev–Trinajstić information content (AvgIpc) is 2.10. The molecule has 2 N–H and O–H groups in total. The molecule has 0 spiro atoms. The van der Waals surface area contributed by atoms with Crippen molar-refractivity contribution in [2.45, 2.75) is 31.7 Å². The summed E-state index contributed by atoms with van der Waals surface area (Å²) in [5.74, 6) is 0.165. The van der Waals surface area contributed by atoms with E-state index in [-0.39, 0.29) is 12.5 Å². The maximum atomic E-state index is 11.7. The van der Waals surface area contributed by atoms with Crippen molar-refractivity contribution in [3.8, 4) is 0 Å². The number of nitrogens with zero attached hydrogens (tertiary/aromatic N) is 1. The number of carbonyl (C=O) groups excluding carboxylic acids is 1. The molecule has 1 fully saturated rings. The van der Waals surface area contributed by atoms with Crippen molar-refractivity contribution >= 4 is 5.91 Å². The molecule has 0 radical (unpaired) electrons. The van der Waals surface area contributed by atoms with Crippen LogP contribution in [0.5, 0.6) is 0 Å². The van der Waals surface area contributed by atoms with Gasteiger partial charge < -0.3 is 15.3 Å². The van der Waals surface area contributed by atoms with Crippen LogP contribution < -0.4 is 5.32 Å². The first-order valence-corrected chi connectivity index (χ1v) is 5.34. The predicted molar refractivity (Wildman–Crippen MR) is 55.0 cm³/mol. The van der Waals surface area contributed by atoms with E-state index in [2.05, 4.69) is 5.32 Å². The Balaban J connectivity index is 2.35. The number of hydrogen-bond acceptors (Lipinski definition) is 3. The lowest BCUT2D eigenvalue weighted by Gasteiger charge is -2.37. The Kier molecular flexibility index (Phi) is 4.90. The van der Waals surface area contributed by atoms with Crippen LogP contribution in [0, 0.1) is 0 Å². The molecule has 1 saturated carbocycles. The highest BCUT2D eigenvalue weighted by atomic mass is 16.3. The van der Waals surface area contributed by atoms with Crippen molar-refractivity contribution in [2.75, 3.05) is 26.7 Å². The third-order valence-corrected chi connectivity index (χ3v) is 2.77. The van der Waals surface area contributed by atoms with Crippen molar-refractivity contribution < 1.29 is 9.90 Å². The molecule has 0 unspecified atom stereocenters. The number of nitrogens with one attached hydrogen (secondary N) is 1. The van der Waals surface area contributed by atoms with E-state index in [1.54, 1.807) is 0 Å². The van der Waals surface area contributed by atoms with Gasteiger partial charge in [-0.2, -0.15) is 0 Å². The van der Waals surface area contributed by atoms with Crippen LogP contribution in [0.3, 0.4) is 0 Å². The number of amides is 1. The summed E-state index contributed by atoms with van der Waals surface area (Å²) in [6.45, 7) is 1.28. The molecule has 0 aromatic heterocycles. The van der Waals surface area contributed by atoms with Gasteiger partial charge in [0.1, 0.15) is 0 Å². The minimum Gasteiger partial charge on any atom is -0.395 e. The zero-order chi connectivity index (χ0) is 10.4. The monoisotopic (exact) mass is 200 g/mol. The summed E-state index contributed by atoms with van der Waals surface area (Å²) in [5, 5.41) is 11.8. The quantitative estimate of drug-likeness (QED) is 0.633. The Bertz CT molecular complexity index is 181. The Morgan fingerprint density at radius 1 is 1.57 bits per heavy atom. The van der Waals surface area contributed by atoms with Gasteiger partial charge in [-0.05, 0) is 26.3 Å². The van der Waals surface area contributed by atoms with Gasteiger partial charge in [-0.1, -0.05) is 0 Å². The molecule has 1 aliphatic rings. The van der Waals surface area contributed by atoms with Gasteiger partial charge in [0.2, 0.25) is 5.91 Å². The average molecular weight is 200 g/mol. The first-order chi connectivity index (χ1) is 6.79. The maximum Gasteiger partial charge on any atom is 0.224 e. The van der Waals surface area contributed by atoms with Gasteiger partial charge in [-0.15, -0.1) is 0 Å². The smallest absolute Gasteiger partial charge is 0.224 e. The highest BCUT2D eigenvalue weighted by Crippen LogP contribution is 2.24. The van der Waals surface area contributed by atoms with Crippen molar-refractivity contribution in [1.29, 1.82) is 0 Å². The summed E-state index contributed by atoms with van der Waals surface area (Å²) in [4.78, 5) is 13.5. The molecule has 0 aromatic carbocycles. The van der Waals surface area contributed by atoms with Crippen LogP contribution in [-0.4, -0.2) is 48.7 Å². The minimum absolute atomic E-state index is 0.0712. The van der Waals surface area contributed by atoms with Crippen LogP contribution in [-0.2, 0) is 4.79 Å². The van der Waals surface area contributed by atoms with Gasteiger partial charge in [0.25, 0.3) is 0 Å². The molecule has 0 bridgehead atoms. The molecular weight excluding hydrogens is 180 g/mol. The highest BCUT2D eigenvalue weighted by Gasteiger charge is 2.27. The molecule has 0 atom stereocenters. The number of aliphatic hydroxyl groups excluding tert-OH is 1. The molecule has 0 heterocycles. The van der Waals surface area contributed by atoms with E-state index >= 15 is 0 Å². The van der Waals surface area contributed by atoms with Gasteiger partial charge in [0, 0.05) is 25.6 Å².